The second-order valence-electron chi connectivity index (χ2n) is 3.41. The molecule has 1 aromatic heterocycles. The van der Waals surface area contributed by atoms with Gasteiger partial charge in [0, 0.05) is 17.6 Å². The molecule has 0 radical (unpaired) electrons. The lowest BCUT2D eigenvalue weighted by Crippen LogP contribution is -2.02. The summed E-state index contributed by atoms with van der Waals surface area (Å²) in [5.74, 6) is 1.09. The Kier molecular flexibility index (Phi) is 4.06. The van der Waals surface area contributed by atoms with Crippen molar-refractivity contribution >= 4 is 11.8 Å². The van der Waals surface area contributed by atoms with Gasteiger partial charge in [0.15, 0.2) is 0 Å². The highest BCUT2D eigenvalue weighted by Gasteiger charge is 2.01. The largest absolute Gasteiger partial charge is 0.325 e. The van der Waals surface area contributed by atoms with Crippen LogP contribution >= 0.6 is 11.8 Å². The summed E-state index contributed by atoms with van der Waals surface area (Å²) < 4.78 is 13.0. The number of aromatic nitrogens is 2. The predicted octanol–water partition coefficient (Wildman–Crippen LogP) is 2.37. The van der Waals surface area contributed by atoms with Crippen molar-refractivity contribution in [1.82, 2.24) is 9.97 Å². The molecule has 1 aromatic carbocycles. The Labute approximate surface area is 103 Å². The summed E-state index contributed by atoms with van der Waals surface area (Å²) in [6.07, 6.45) is 1.69. The second kappa shape index (κ2) is 5.75. The van der Waals surface area contributed by atoms with Gasteiger partial charge >= 0.3 is 0 Å². The number of thioether (sulfide) groups is 1. The fourth-order valence-electron chi connectivity index (χ4n) is 1.33. The van der Waals surface area contributed by atoms with Gasteiger partial charge in [-0.05, 0) is 24.3 Å². The second-order valence-corrected chi connectivity index (χ2v) is 4.46. The highest BCUT2D eigenvalue weighted by molar-refractivity contribution is 7.98. The van der Waals surface area contributed by atoms with E-state index in [0.29, 0.717) is 18.1 Å². The van der Waals surface area contributed by atoms with E-state index >= 15 is 0 Å². The summed E-state index contributed by atoms with van der Waals surface area (Å²) in [4.78, 5) is 9.29. The van der Waals surface area contributed by atoms with Crippen LogP contribution in [0.3, 0.4) is 0 Å². The lowest BCUT2D eigenvalue weighted by molar-refractivity contribution is 0.624. The zero-order chi connectivity index (χ0) is 12.1. The van der Waals surface area contributed by atoms with Crippen molar-refractivity contribution in [2.45, 2.75) is 17.2 Å². The normalized spacial score (nSPS) is 10.5. The maximum atomic E-state index is 13.0. The average Bonchev–Trinajstić information content (AvgIpc) is 2.37. The first-order valence-electron chi connectivity index (χ1n) is 5.17. The lowest BCUT2D eigenvalue weighted by Gasteiger charge is -2.02. The predicted molar refractivity (Wildman–Crippen MR) is 65.9 cm³/mol. The molecule has 0 aliphatic heterocycles. The summed E-state index contributed by atoms with van der Waals surface area (Å²) in [5, 5.41) is 0. The van der Waals surface area contributed by atoms with E-state index in [0.717, 1.165) is 10.6 Å². The molecule has 2 rings (SSSR count). The van der Waals surface area contributed by atoms with Crippen molar-refractivity contribution in [2.24, 2.45) is 5.73 Å². The van der Waals surface area contributed by atoms with Crippen LogP contribution in [0.4, 0.5) is 4.39 Å². The zero-order valence-corrected chi connectivity index (χ0v) is 9.95. The van der Waals surface area contributed by atoms with Gasteiger partial charge in [-0.1, -0.05) is 6.07 Å². The van der Waals surface area contributed by atoms with E-state index in [2.05, 4.69) is 9.97 Å². The number of nitrogens with two attached hydrogens (primary N) is 1. The van der Waals surface area contributed by atoms with Crippen molar-refractivity contribution in [2.75, 3.05) is 0 Å². The maximum absolute atomic E-state index is 13.0. The Morgan fingerprint density at radius 2 is 2.18 bits per heavy atom. The summed E-state index contributed by atoms with van der Waals surface area (Å²) in [6, 6.07) is 8.26. The Hall–Kier alpha value is -1.46. The Morgan fingerprint density at radius 3 is 2.94 bits per heavy atom. The molecule has 1 heterocycles. The minimum Gasteiger partial charge on any atom is -0.325 e. The fourth-order valence-corrected chi connectivity index (χ4v) is 2.13. The van der Waals surface area contributed by atoms with Crippen molar-refractivity contribution in [1.29, 1.82) is 0 Å². The zero-order valence-electron chi connectivity index (χ0n) is 9.14. The van der Waals surface area contributed by atoms with Crippen LogP contribution in [0.2, 0.25) is 0 Å². The molecular formula is C12H12FN3S. The first kappa shape index (κ1) is 12.0. The van der Waals surface area contributed by atoms with E-state index < -0.39 is 0 Å². The van der Waals surface area contributed by atoms with Crippen LogP contribution in [0.5, 0.6) is 0 Å². The van der Waals surface area contributed by atoms with Crippen LogP contribution in [0.25, 0.3) is 0 Å². The molecule has 0 saturated heterocycles. The Balaban J connectivity index is 2.02. The van der Waals surface area contributed by atoms with Gasteiger partial charge in [-0.15, -0.1) is 11.8 Å². The summed E-state index contributed by atoms with van der Waals surface area (Å²) >= 11 is 1.50. The highest BCUT2D eigenvalue weighted by atomic mass is 32.2. The standard InChI is InChI=1S/C12H12FN3S/c13-9-2-1-3-11(6-9)17-8-12-15-5-4-10(7-14)16-12/h1-6H,7-8,14H2. The summed E-state index contributed by atoms with van der Waals surface area (Å²) in [5.41, 5.74) is 6.31. The van der Waals surface area contributed by atoms with Crippen LogP contribution in [0.15, 0.2) is 41.4 Å². The van der Waals surface area contributed by atoms with E-state index in [9.17, 15) is 4.39 Å². The molecule has 0 atom stereocenters. The molecular weight excluding hydrogens is 237 g/mol. The van der Waals surface area contributed by atoms with E-state index in [1.165, 1.54) is 23.9 Å². The van der Waals surface area contributed by atoms with Crippen LogP contribution in [0, 0.1) is 5.82 Å². The van der Waals surface area contributed by atoms with E-state index in [4.69, 9.17) is 5.73 Å². The lowest BCUT2D eigenvalue weighted by atomic mass is 10.4. The number of hydrogen-bond acceptors (Lipinski definition) is 4. The van der Waals surface area contributed by atoms with Crippen molar-refractivity contribution in [3.63, 3.8) is 0 Å². The Bertz CT molecular complexity index is 505. The number of rotatable bonds is 4. The molecule has 0 unspecified atom stereocenters. The molecule has 0 bridgehead atoms. The van der Waals surface area contributed by atoms with E-state index in [1.54, 1.807) is 18.3 Å². The molecule has 0 aliphatic rings. The third kappa shape index (κ3) is 3.51. The third-order valence-electron chi connectivity index (χ3n) is 2.14. The monoisotopic (exact) mass is 249 g/mol. The van der Waals surface area contributed by atoms with Gasteiger partial charge in [-0.2, -0.15) is 0 Å². The molecule has 88 valence electrons. The minimum atomic E-state index is -0.230. The quantitative estimate of drug-likeness (QED) is 0.845. The van der Waals surface area contributed by atoms with Crippen LogP contribution in [-0.4, -0.2) is 9.97 Å². The van der Waals surface area contributed by atoms with Crippen molar-refractivity contribution in [3.05, 3.63) is 53.9 Å². The van der Waals surface area contributed by atoms with Crippen molar-refractivity contribution in [3.8, 4) is 0 Å². The van der Waals surface area contributed by atoms with Gasteiger partial charge < -0.3 is 5.73 Å². The topological polar surface area (TPSA) is 51.8 Å². The molecule has 0 spiro atoms. The molecule has 3 nitrogen and oxygen atoms in total. The summed E-state index contributed by atoms with van der Waals surface area (Å²) in [6.45, 7) is 0.403. The molecule has 0 fully saturated rings. The highest BCUT2D eigenvalue weighted by Crippen LogP contribution is 2.21. The SMILES string of the molecule is NCc1ccnc(CSc2cccc(F)c2)n1. The van der Waals surface area contributed by atoms with Gasteiger partial charge in [0.05, 0.1) is 11.4 Å². The molecule has 0 saturated carbocycles. The summed E-state index contributed by atoms with van der Waals surface area (Å²) in [7, 11) is 0. The minimum absolute atomic E-state index is 0.230. The molecule has 2 aromatic rings. The Morgan fingerprint density at radius 1 is 1.29 bits per heavy atom. The molecule has 17 heavy (non-hydrogen) atoms. The molecule has 0 aliphatic carbocycles. The first-order chi connectivity index (χ1) is 8.28. The number of hydrogen-bond donors (Lipinski definition) is 1. The average molecular weight is 249 g/mol. The third-order valence-corrected chi connectivity index (χ3v) is 3.13. The molecule has 2 N–H and O–H groups in total. The maximum Gasteiger partial charge on any atom is 0.138 e. The number of halogens is 1. The van der Waals surface area contributed by atoms with Gasteiger partial charge in [0.25, 0.3) is 0 Å². The van der Waals surface area contributed by atoms with Gasteiger partial charge in [0.1, 0.15) is 11.6 Å². The first-order valence-corrected chi connectivity index (χ1v) is 6.16. The van der Waals surface area contributed by atoms with Crippen molar-refractivity contribution < 1.29 is 4.39 Å². The smallest absolute Gasteiger partial charge is 0.138 e. The van der Waals surface area contributed by atoms with Gasteiger partial charge in [-0.25, -0.2) is 14.4 Å². The van der Waals surface area contributed by atoms with Gasteiger partial charge in [-0.3, -0.25) is 0 Å². The molecule has 5 heteroatoms. The van der Waals surface area contributed by atoms with Gasteiger partial charge in [0.2, 0.25) is 0 Å². The number of nitrogens with zero attached hydrogens (tertiary/aromatic N) is 2. The molecule has 0 amide bonds. The van der Waals surface area contributed by atoms with E-state index in [1.807, 2.05) is 6.07 Å². The van der Waals surface area contributed by atoms with E-state index in [-0.39, 0.29) is 5.82 Å². The van der Waals surface area contributed by atoms with Crippen LogP contribution in [-0.2, 0) is 12.3 Å². The van der Waals surface area contributed by atoms with Crippen LogP contribution < -0.4 is 5.73 Å². The number of benzene rings is 1. The fraction of sp³-hybridized carbons (Fsp3) is 0.167. The van der Waals surface area contributed by atoms with Crippen LogP contribution in [0.1, 0.15) is 11.5 Å².